The fraction of sp³-hybridized carbons (Fsp3) is 0.270. The summed E-state index contributed by atoms with van der Waals surface area (Å²) in [5.41, 5.74) is 0.919. The molecule has 1 fully saturated rings. The number of fused-ring (bicyclic) bond motifs is 3. The Morgan fingerprint density at radius 3 is 2.56 bits per heavy atom. The second-order valence-corrected chi connectivity index (χ2v) is 18.4. The van der Waals surface area contributed by atoms with Crippen LogP contribution >= 0.6 is 22.9 Å². The molecule has 0 aliphatic carbocycles. The summed E-state index contributed by atoms with van der Waals surface area (Å²) < 4.78 is 71.0. The number of thiazole rings is 1. The molecule has 0 N–H and O–H groups in total. The van der Waals surface area contributed by atoms with Gasteiger partial charge >= 0.3 is 5.63 Å². The summed E-state index contributed by atoms with van der Waals surface area (Å²) in [5.74, 6) is 0.128. The van der Waals surface area contributed by atoms with Crippen molar-refractivity contribution in [1.29, 1.82) is 0 Å². The number of likely N-dealkylation sites (N-methyl/N-ethyl adjacent to an activating group) is 1. The highest BCUT2D eigenvalue weighted by Gasteiger charge is 2.40. The number of benzene rings is 3. The van der Waals surface area contributed by atoms with Crippen LogP contribution in [0.25, 0.3) is 21.9 Å². The van der Waals surface area contributed by atoms with E-state index in [1.807, 2.05) is 7.05 Å². The number of hydrogen-bond acceptors (Lipinski definition) is 11. The zero-order valence-corrected chi connectivity index (χ0v) is 32.1. The summed E-state index contributed by atoms with van der Waals surface area (Å²) in [7, 11) is -6.85. The minimum absolute atomic E-state index is 0.0332. The minimum atomic E-state index is -4.48. The highest BCUT2D eigenvalue weighted by molar-refractivity contribution is 7.92. The molecule has 3 aromatic carbocycles. The highest BCUT2D eigenvalue weighted by atomic mass is 35.5. The van der Waals surface area contributed by atoms with Gasteiger partial charge in [-0.25, -0.2) is 30.6 Å². The van der Waals surface area contributed by atoms with E-state index in [0.29, 0.717) is 33.3 Å². The van der Waals surface area contributed by atoms with Crippen LogP contribution in [0.1, 0.15) is 26.8 Å². The Labute approximate surface area is 320 Å². The van der Waals surface area contributed by atoms with Crippen molar-refractivity contribution in [3.8, 4) is 5.75 Å². The number of carbonyl (C=O) groups excluding carboxylic acids is 1. The second-order valence-electron chi connectivity index (χ2n) is 13.3. The van der Waals surface area contributed by atoms with Gasteiger partial charge in [0.25, 0.3) is 26.0 Å². The van der Waals surface area contributed by atoms with E-state index in [-0.39, 0.29) is 49.0 Å². The molecule has 54 heavy (non-hydrogen) atoms. The first-order chi connectivity index (χ1) is 25.9. The van der Waals surface area contributed by atoms with E-state index in [9.17, 15) is 26.4 Å². The maximum Gasteiger partial charge on any atom is 0.336 e. The average molecular weight is 808 g/mol. The van der Waals surface area contributed by atoms with Gasteiger partial charge in [0.2, 0.25) is 0 Å². The van der Waals surface area contributed by atoms with Gasteiger partial charge in [0.05, 0.1) is 22.7 Å². The van der Waals surface area contributed by atoms with Crippen molar-refractivity contribution in [2.24, 2.45) is 0 Å². The molecule has 0 radical (unpaired) electrons. The average Bonchev–Trinajstić information content (AvgIpc) is 3.77. The monoisotopic (exact) mass is 807 g/mol. The molecule has 1 unspecified atom stereocenters. The lowest BCUT2D eigenvalue weighted by Crippen LogP contribution is -2.57. The largest absolute Gasteiger partial charge is 0.493 e. The van der Waals surface area contributed by atoms with Crippen LogP contribution in [-0.2, 0) is 33.0 Å². The molecule has 280 valence electrons. The molecule has 8 rings (SSSR count). The first-order valence-corrected chi connectivity index (χ1v) is 21.2. The lowest BCUT2D eigenvalue weighted by atomic mass is 10.1. The molecule has 1 amide bonds. The minimum Gasteiger partial charge on any atom is -0.493 e. The van der Waals surface area contributed by atoms with Crippen molar-refractivity contribution in [1.82, 2.24) is 23.1 Å². The Balaban J connectivity index is 1.12. The van der Waals surface area contributed by atoms with Crippen LogP contribution in [0.2, 0.25) is 5.02 Å². The lowest BCUT2D eigenvalue weighted by Gasteiger charge is -2.40. The van der Waals surface area contributed by atoms with Crippen LogP contribution in [0.5, 0.6) is 5.75 Å². The van der Waals surface area contributed by atoms with Crippen LogP contribution in [0, 0.1) is 0 Å². The Kier molecular flexibility index (Phi) is 9.60. The van der Waals surface area contributed by atoms with Crippen LogP contribution in [0.4, 0.5) is 0 Å². The van der Waals surface area contributed by atoms with Crippen molar-refractivity contribution >= 4 is 70.8 Å². The third-order valence-corrected chi connectivity index (χ3v) is 14.7. The number of ether oxygens (including phenoxy) is 1. The molecule has 0 bridgehead atoms. The van der Waals surface area contributed by atoms with Gasteiger partial charge in [-0.2, -0.15) is 4.31 Å². The Morgan fingerprint density at radius 2 is 1.74 bits per heavy atom. The predicted octanol–water partition coefficient (Wildman–Crippen LogP) is 5.07. The van der Waals surface area contributed by atoms with Gasteiger partial charge in [0.15, 0.2) is 10.0 Å². The third kappa shape index (κ3) is 6.82. The molecular formula is C37H34ClN5O8S3. The molecule has 0 spiro atoms. The standard InChI is InChI=1S/C37H34ClN5O8S3/c1-40-15-13-30-33(23-40)52-36(39-30)37(45)42-17-16-41(22-27(42)14-18-50-28-10-7-24-8-12-35(44)51-32(24)21-28)54(48,49)34-20-25-19-26(38)9-11-31(25)43(34)53(46,47)29-5-3-2-4-6-29/h2-12,19-21,27H,13-18,22-23H2,1H3. The topological polar surface area (TPSA) is 152 Å². The van der Waals surface area contributed by atoms with E-state index >= 15 is 0 Å². The number of halogens is 1. The molecule has 6 aromatic rings. The lowest BCUT2D eigenvalue weighted by molar-refractivity contribution is 0.0525. The summed E-state index contributed by atoms with van der Waals surface area (Å²) in [6, 6.07) is 20.9. The van der Waals surface area contributed by atoms with Gasteiger partial charge in [-0.15, -0.1) is 11.3 Å². The van der Waals surface area contributed by atoms with E-state index in [4.69, 9.17) is 25.7 Å². The number of piperazine rings is 1. The van der Waals surface area contributed by atoms with Crippen molar-refractivity contribution < 1.29 is 30.8 Å². The van der Waals surface area contributed by atoms with Gasteiger partial charge in [-0.1, -0.05) is 29.8 Å². The SMILES string of the molecule is CN1CCc2nc(C(=O)N3CCN(S(=O)(=O)c4cc5cc(Cl)ccc5n4S(=O)(=O)c4ccccc4)CC3CCOc3ccc4ccc(=O)oc4c3)sc2C1. The first kappa shape index (κ1) is 36.4. The van der Waals surface area contributed by atoms with E-state index in [1.165, 1.54) is 58.1 Å². The predicted molar refractivity (Wildman–Crippen MR) is 204 cm³/mol. The zero-order valence-electron chi connectivity index (χ0n) is 28.9. The van der Waals surface area contributed by atoms with E-state index < -0.39 is 36.7 Å². The van der Waals surface area contributed by atoms with Gasteiger partial charge in [0.1, 0.15) is 11.3 Å². The van der Waals surface area contributed by atoms with Crippen molar-refractivity contribution in [2.45, 2.75) is 35.3 Å². The molecule has 13 nitrogen and oxygen atoms in total. The highest BCUT2D eigenvalue weighted by Crippen LogP contribution is 2.34. The molecule has 2 aliphatic heterocycles. The normalized spacial score (nSPS) is 17.2. The van der Waals surface area contributed by atoms with Crippen molar-refractivity contribution in [3.05, 3.63) is 116 Å². The second kappa shape index (κ2) is 14.2. The van der Waals surface area contributed by atoms with E-state index in [2.05, 4.69) is 4.90 Å². The van der Waals surface area contributed by atoms with Crippen LogP contribution in [0.3, 0.4) is 0 Å². The number of nitrogens with zero attached hydrogens (tertiary/aromatic N) is 5. The fourth-order valence-electron chi connectivity index (χ4n) is 6.93. The molecule has 3 aromatic heterocycles. The zero-order chi connectivity index (χ0) is 37.8. The number of sulfonamides is 1. The molecule has 0 saturated carbocycles. The van der Waals surface area contributed by atoms with Crippen LogP contribution in [0.15, 0.2) is 104 Å². The number of rotatable bonds is 9. The number of hydrogen-bond donors (Lipinski definition) is 0. The molecule has 5 heterocycles. The summed E-state index contributed by atoms with van der Waals surface area (Å²) in [4.78, 5) is 35.4. The molecule has 1 atom stereocenters. The van der Waals surface area contributed by atoms with Gasteiger partial charge in [-0.05, 0) is 61.6 Å². The van der Waals surface area contributed by atoms with Crippen LogP contribution < -0.4 is 10.4 Å². The maximum absolute atomic E-state index is 14.7. The molecule has 1 saturated heterocycles. The number of amides is 1. The van der Waals surface area contributed by atoms with Crippen LogP contribution in [-0.4, -0.2) is 91.7 Å². The summed E-state index contributed by atoms with van der Waals surface area (Å²) >= 11 is 7.62. The van der Waals surface area contributed by atoms with Gasteiger partial charge < -0.3 is 19.0 Å². The van der Waals surface area contributed by atoms with Gasteiger partial charge in [-0.3, -0.25) is 4.79 Å². The van der Waals surface area contributed by atoms with E-state index in [0.717, 1.165) is 32.9 Å². The molecule has 17 heteroatoms. The summed E-state index contributed by atoms with van der Waals surface area (Å²) in [6.45, 7) is 1.43. The Hall–Kier alpha value is -4.58. The first-order valence-electron chi connectivity index (χ1n) is 17.1. The fourth-order valence-corrected chi connectivity index (χ4v) is 11.8. The van der Waals surface area contributed by atoms with Crippen molar-refractivity contribution in [3.63, 3.8) is 0 Å². The maximum atomic E-state index is 14.7. The van der Waals surface area contributed by atoms with Gasteiger partial charge in [0, 0.05) is 84.4 Å². The summed E-state index contributed by atoms with van der Waals surface area (Å²) in [6.07, 6.45) is 0.957. The Bertz CT molecular complexity index is 2700. The van der Waals surface area contributed by atoms with E-state index in [1.54, 1.807) is 47.4 Å². The number of carbonyl (C=O) groups is 1. The summed E-state index contributed by atoms with van der Waals surface area (Å²) in [5, 5.41) is 1.28. The molecule has 2 aliphatic rings. The molecular weight excluding hydrogens is 774 g/mol. The Morgan fingerprint density at radius 1 is 0.944 bits per heavy atom. The smallest absolute Gasteiger partial charge is 0.336 e. The third-order valence-electron chi connectivity index (χ3n) is 9.70. The number of aromatic nitrogens is 2. The van der Waals surface area contributed by atoms with Crippen molar-refractivity contribution in [2.75, 3.05) is 39.8 Å². The quantitative estimate of drug-likeness (QED) is 0.181.